The Kier molecular flexibility index (Phi) is 5.09. The predicted molar refractivity (Wildman–Crippen MR) is 97.8 cm³/mol. The summed E-state index contributed by atoms with van der Waals surface area (Å²) in [6.07, 6.45) is 7.75. The third kappa shape index (κ3) is 3.61. The predicted octanol–water partition coefficient (Wildman–Crippen LogP) is 3.18. The van der Waals surface area contributed by atoms with Crippen LogP contribution in [0, 0.1) is 17.8 Å². The fraction of sp³-hybridized carbons (Fsp3) is 0.667. The summed E-state index contributed by atoms with van der Waals surface area (Å²) in [5, 5.41) is 3.34. The van der Waals surface area contributed by atoms with Gasteiger partial charge in [-0.15, -0.1) is 0 Å². The number of fused-ring (bicyclic) bond motifs is 2. The Balaban J connectivity index is 1.47. The van der Waals surface area contributed by atoms with Crippen LogP contribution < -0.4 is 11.1 Å². The average Bonchev–Trinajstić information content (AvgIpc) is 3.14. The molecule has 1 saturated heterocycles. The van der Waals surface area contributed by atoms with Gasteiger partial charge in [0.1, 0.15) is 0 Å². The Morgan fingerprint density at radius 1 is 1.08 bits per heavy atom. The summed E-state index contributed by atoms with van der Waals surface area (Å²) in [5.74, 6) is 1.37. The molecule has 1 aromatic rings. The number of benzene rings is 1. The maximum absolute atomic E-state index is 13.1. The van der Waals surface area contributed by atoms with Crippen LogP contribution in [-0.2, 0) is 9.53 Å². The maximum atomic E-state index is 13.1. The first-order valence-corrected chi connectivity index (χ1v) is 9.95. The van der Waals surface area contributed by atoms with E-state index in [4.69, 9.17) is 10.5 Å². The number of amides is 1. The van der Waals surface area contributed by atoms with Crippen LogP contribution in [-0.4, -0.2) is 24.7 Å². The van der Waals surface area contributed by atoms with Crippen LogP contribution >= 0.6 is 0 Å². The number of carbonyl (C=O) groups is 1. The van der Waals surface area contributed by atoms with Crippen LogP contribution in [0.15, 0.2) is 30.3 Å². The first kappa shape index (κ1) is 17.0. The van der Waals surface area contributed by atoms with Crippen molar-refractivity contribution in [2.24, 2.45) is 23.5 Å². The number of rotatable bonds is 4. The maximum Gasteiger partial charge on any atom is 0.223 e. The van der Waals surface area contributed by atoms with E-state index in [1.807, 2.05) is 18.2 Å². The molecule has 136 valence electrons. The van der Waals surface area contributed by atoms with E-state index in [0.29, 0.717) is 17.9 Å². The van der Waals surface area contributed by atoms with Gasteiger partial charge in [-0.2, -0.15) is 0 Å². The molecule has 1 heterocycles. The second kappa shape index (κ2) is 7.46. The quantitative estimate of drug-likeness (QED) is 0.883. The van der Waals surface area contributed by atoms with E-state index in [0.717, 1.165) is 37.9 Å². The molecule has 2 saturated carbocycles. The highest BCUT2D eigenvalue weighted by Crippen LogP contribution is 2.42. The Bertz CT molecular complexity index is 571. The molecule has 1 aliphatic heterocycles. The molecule has 4 rings (SSSR count). The van der Waals surface area contributed by atoms with Crippen LogP contribution in [0.3, 0.4) is 0 Å². The van der Waals surface area contributed by atoms with Gasteiger partial charge >= 0.3 is 0 Å². The van der Waals surface area contributed by atoms with Crippen LogP contribution in [0.4, 0.5) is 0 Å². The SMILES string of the molecule is NC1C2CCCC1CC(C(=O)NC(c1ccccc1)C1CCCO1)C2. The van der Waals surface area contributed by atoms with Crippen molar-refractivity contribution in [3.8, 4) is 0 Å². The van der Waals surface area contributed by atoms with Crippen molar-refractivity contribution < 1.29 is 9.53 Å². The van der Waals surface area contributed by atoms with E-state index < -0.39 is 0 Å². The molecule has 2 aliphatic carbocycles. The fourth-order valence-corrected chi connectivity index (χ4v) is 5.19. The zero-order valence-corrected chi connectivity index (χ0v) is 14.9. The van der Waals surface area contributed by atoms with E-state index in [1.54, 1.807) is 0 Å². The minimum Gasteiger partial charge on any atom is -0.376 e. The monoisotopic (exact) mass is 342 g/mol. The van der Waals surface area contributed by atoms with Crippen LogP contribution in [0.1, 0.15) is 56.6 Å². The van der Waals surface area contributed by atoms with Crippen molar-refractivity contribution in [1.29, 1.82) is 0 Å². The van der Waals surface area contributed by atoms with Crippen molar-refractivity contribution in [1.82, 2.24) is 5.32 Å². The number of carbonyl (C=O) groups excluding carboxylic acids is 1. The van der Waals surface area contributed by atoms with E-state index in [-0.39, 0.29) is 24.0 Å². The molecule has 1 aromatic carbocycles. The Morgan fingerprint density at radius 3 is 2.44 bits per heavy atom. The van der Waals surface area contributed by atoms with Gasteiger partial charge in [-0.05, 0) is 55.9 Å². The van der Waals surface area contributed by atoms with Gasteiger partial charge in [0.2, 0.25) is 5.91 Å². The lowest BCUT2D eigenvalue weighted by Gasteiger charge is -2.43. The number of hydrogen-bond acceptors (Lipinski definition) is 3. The first-order chi connectivity index (χ1) is 12.2. The second-order valence-electron chi connectivity index (χ2n) is 8.15. The molecule has 2 bridgehead atoms. The zero-order chi connectivity index (χ0) is 17.2. The smallest absolute Gasteiger partial charge is 0.223 e. The summed E-state index contributed by atoms with van der Waals surface area (Å²) >= 11 is 0. The van der Waals surface area contributed by atoms with Gasteiger partial charge in [-0.3, -0.25) is 4.79 Å². The van der Waals surface area contributed by atoms with E-state index in [1.165, 1.54) is 19.3 Å². The molecule has 3 N–H and O–H groups in total. The van der Waals surface area contributed by atoms with Gasteiger partial charge < -0.3 is 15.8 Å². The van der Waals surface area contributed by atoms with Crippen LogP contribution in [0.2, 0.25) is 0 Å². The molecule has 3 fully saturated rings. The summed E-state index contributed by atoms with van der Waals surface area (Å²) in [6, 6.07) is 10.5. The van der Waals surface area contributed by atoms with Gasteiger partial charge in [0.05, 0.1) is 12.1 Å². The van der Waals surface area contributed by atoms with Crippen molar-refractivity contribution in [2.75, 3.05) is 6.61 Å². The van der Waals surface area contributed by atoms with Crippen LogP contribution in [0.25, 0.3) is 0 Å². The average molecular weight is 342 g/mol. The van der Waals surface area contributed by atoms with Gasteiger partial charge in [-0.25, -0.2) is 0 Å². The Labute approximate surface area is 150 Å². The van der Waals surface area contributed by atoms with Crippen molar-refractivity contribution >= 4 is 5.91 Å². The number of nitrogens with one attached hydrogen (secondary N) is 1. The largest absolute Gasteiger partial charge is 0.376 e. The van der Waals surface area contributed by atoms with Gasteiger partial charge in [-0.1, -0.05) is 36.8 Å². The molecular formula is C21H30N2O2. The summed E-state index contributed by atoms with van der Waals surface area (Å²) in [7, 11) is 0. The highest BCUT2D eigenvalue weighted by Gasteiger charge is 2.41. The Hall–Kier alpha value is -1.39. The standard InChI is InChI=1S/C21H30N2O2/c22-19-15-8-4-9-16(19)13-17(12-15)21(24)23-20(18-10-5-11-25-18)14-6-2-1-3-7-14/h1-3,6-7,15-20H,4-5,8-13,22H2,(H,23,24). The summed E-state index contributed by atoms with van der Waals surface area (Å²) < 4.78 is 5.91. The molecule has 0 aromatic heterocycles. The van der Waals surface area contributed by atoms with Crippen molar-refractivity contribution in [2.45, 2.75) is 63.1 Å². The third-order valence-corrected chi connectivity index (χ3v) is 6.58. The van der Waals surface area contributed by atoms with Gasteiger partial charge in [0, 0.05) is 18.6 Å². The molecule has 25 heavy (non-hydrogen) atoms. The zero-order valence-electron chi connectivity index (χ0n) is 14.9. The van der Waals surface area contributed by atoms with Gasteiger partial charge in [0.25, 0.3) is 0 Å². The topological polar surface area (TPSA) is 64.4 Å². The number of nitrogens with two attached hydrogens (primary N) is 1. The molecule has 4 heteroatoms. The van der Waals surface area contributed by atoms with Gasteiger partial charge in [0.15, 0.2) is 0 Å². The highest BCUT2D eigenvalue weighted by molar-refractivity contribution is 5.79. The molecule has 1 amide bonds. The van der Waals surface area contributed by atoms with Crippen LogP contribution in [0.5, 0.6) is 0 Å². The summed E-state index contributed by atoms with van der Waals surface area (Å²) in [4.78, 5) is 13.1. The molecule has 0 spiro atoms. The molecule has 0 radical (unpaired) electrons. The molecule has 4 atom stereocenters. The normalized spacial score (nSPS) is 36.0. The molecule has 4 nitrogen and oxygen atoms in total. The highest BCUT2D eigenvalue weighted by atomic mass is 16.5. The second-order valence-corrected chi connectivity index (χ2v) is 8.15. The lowest BCUT2D eigenvalue weighted by molar-refractivity contribution is -0.129. The first-order valence-electron chi connectivity index (χ1n) is 9.95. The number of ether oxygens (including phenoxy) is 1. The fourth-order valence-electron chi connectivity index (χ4n) is 5.19. The minimum absolute atomic E-state index is 0.0355. The molecule has 4 unspecified atom stereocenters. The van der Waals surface area contributed by atoms with Crippen molar-refractivity contribution in [3.63, 3.8) is 0 Å². The summed E-state index contributed by atoms with van der Waals surface area (Å²) in [5.41, 5.74) is 7.54. The Morgan fingerprint density at radius 2 is 1.80 bits per heavy atom. The molecular weight excluding hydrogens is 312 g/mol. The lowest BCUT2D eigenvalue weighted by Crippen LogP contribution is -2.50. The third-order valence-electron chi connectivity index (χ3n) is 6.58. The van der Waals surface area contributed by atoms with E-state index in [2.05, 4.69) is 17.4 Å². The minimum atomic E-state index is -0.0355. The number of hydrogen-bond donors (Lipinski definition) is 2. The van der Waals surface area contributed by atoms with E-state index in [9.17, 15) is 4.79 Å². The lowest BCUT2D eigenvalue weighted by atomic mass is 9.65. The molecule has 3 aliphatic rings. The van der Waals surface area contributed by atoms with E-state index >= 15 is 0 Å². The van der Waals surface area contributed by atoms with Crippen molar-refractivity contribution in [3.05, 3.63) is 35.9 Å². The summed E-state index contributed by atoms with van der Waals surface area (Å²) in [6.45, 7) is 0.798.